The molecule has 0 fully saturated rings. The van der Waals surface area contributed by atoms with Crippen LogP contribution in [0.5, 0.6) is 5.75 Å². The molecule has 0 unspecified atom stereocenters. The van der Waals surface area contributed by atoms with Gasteiger partial charge in [-0.2, -0.15) is 0 Å². The van der Waals surface area contributed by atoms with E-state index in [-0.39, 0.29) is 36.6 Å². The molecule has 0 spiro atoms. The molecule has 1 nitrogen and oxygen atoms in total. The van der Waals surface area contributed by atoms with Gasteiger partial charge in [-0.3, -0.25) is 0 Å². The molecule has 1 aromatic carbocycles. The molecule has 3 heteroatoms. The fraction of sp³-hybridized carbons (Fsp3) is 0.333. The molecule has 0 aliphatic heterocycles. The smallest absolute Gasteiger partial charge is 0.507 e. The van der Waals surface area contributed by atoms with Crippen molar-refractivity contribution < 1.29 is 26.8 Å². The Hall–Kier alpha value is -0.0488. The molecule has 15 heavy (non-hydrogen) atoms. The first-order chi connectivity index (χ1) is 5.46. The van der Waals surface area contributed by atoms with Gasteiger partial charge in [-0.1, -0.05) is 5.19 Å². The quantitative estimate of drug-likeness (QED) is 0.557. The number of aromatic hydroxyl groups is 1. The summed E-state index contributed by atoms with van der Waals surface area (Å²) in [6, 6.07) is 0. The molecule has 1 rings (SSSR count). The number of rotatable bonds is 0. The van der Waals surface area contributed by atoms with Gasteiger partial charge in [-0.25, -0.2) is 0 Å². The Bertz CT molecular complexity index is 230. The van der Waals surface area contributed by atoms with E-state index < -0.39 is 0 Å². The average Bonchev–Trinajstić information content (AvgIpc) is 2.08. The van der Waals surface area contributed by atoms with E-state index in [1.165, 1.54) is 5.56 Å². The average molecular weight is 255 g/mol. The van der Waals surface area contributed by atoms with Crippen LogP contribution in [-0.2, 0) is 21.7 Å². The summed E-state index contributed by atoms with van der Waals surface area (Å²) < 4.78 is 0. The van der Waals surface area contributed by atoms with E-state index in [1.807, 2.05) is 20.8 Å². The van der Waals surface area contributed by atoms with E-state index in [9.17, 15) is 5.11 Å². The van der Waals surface area contributed by atoms with Crippen molar-refractivity contribution in [1.29, 1.82) is 0 Å². The number of phenols is 1. The van der Waals surface area contributed by atoms with Gasteiger partial charge < -0.3 is 20.0 Å². The second-order valence-corrected chi connectivity index (χ2v) is 3.72. The SMILES string of the molecule is Cc1c(C)c(O)c(C)c([Si])c1C.[CH3-].[CH3-].[Ti+2]. The van der Waals surface area contributed by atoms with Crippen LogP contribution in [0, 0.1) is 42.5 Å². The van der Waals surface area contributed by atoms with Gasteiger partial charge in [0.1, 0.15) is 5.75 Å². The molecule has 0 atom stereocenters. The van der Waals surface area contributed by atoms with Crippen molar-refractivity contribution in [2.24, 2.45) is 0 Å². The van der Waals surface area contributed by atoms with Gasteiger partial charge in [0.15, 0.2) is 0 Å². The molecule has 1 aromatic rings. The Kier molecular flexibility index (Phi) is 9.86. The van der Waals surface area contributed by atoms with Crippen molar-refractivity contribution in [3.8, 4) is 5.75 Å². The normalized spacial score (nSPS) is 8.33. The molecule has 0 aliphatic carbocycles. The molecule has 0 aliphatic rings. The Morgan fingerprint density at radius 1 is 0.800 bits per heavy atom. The zero-order valence-corrected chi connectivity index (χ0v) is 13.0. The topological polar surface area (TPSA) is 20.2 Å². The molecule has 3 radical (unpaired) electrons. The first kappa shape index (κ1) is 20.4. The summed E-state index contributed by atoms with van der Waals surface area (Å²) in [5, 5.41) is 10.7. The van der Waals surface area contributed by atoms with E-state index in [0.717, 1.165) is 21.9 Å². The van der Waals surface area contributed by atoms with Crippen molar-refractivity contribution in [3.63, 3.8) is 0 Å². The summed E-state index contributed by atoms with van der Waals surface area (Å²) in [4.78, 5) is 0. The molecule has 0 saturated carbocycles. The molecule has 1 N–H and O–H groups in total. The number of phenolic OH excluding ortho intramolecular Hbond substituents is 1. The van der Waals surface area contributed by atoms with Crippen LogP contribution >= 0.6 is 0 Å². The molecule has 0 saturated heterocycles. The predicted molar refractivity (Wildman–Crippen MR) is 65.3 cm³/mol. The summed E-state index contributed by atoms with van der Waals surface area (Å²) in [6.07, 6.45) is 0. The zero-order chi connectivity index (χ0) is 9.46. The Morgan fingerprint density at radius 3 is 1.60 bits per heavy atom. The van der Waals surface area contributed by atoms with Crippen LogP contribution in [0.4, 0.5) is 0 Å². The van der Waals surface area contributed by atoms with Crippen LogP contribution in [0.2, 0.25) is 0 Å². The number of benzene rings is 1. The Labute approximate surface area is 113 Å². The minimum atomic E-state index is 0. The summed E-state index contributed by atoms with van der Waals surface area (Å²) in [5.41, 5.74) is 4.27. The monoisotopic (exact) mass is 255 g/mol. The van der Waals surface area contributed by atoms with Gasteiger partial charge >= 0.3 is 21.7 Å². The fourth-order valence-corrected chi connectivity index (χ4v) is 1.63. The molecule has 0 bridgehead atoms. The standard InChI is InChI=1S/C10H13OSi.2CH3.Ti/c1-5-6(2)9(11)8(4)10(12)7(5)3;;;/h11H,1-4H3;2*1H3;/q;2*-1;+2. The Morgan fingerprint density at radius 2 is 1.20 bits per heavy atom. The number of hydrogen-bond acceptors (Lipinski definition) is 1. The van der Waals surface area contributed by atoms with Gasteiger partial charge in [0.05, 0.1) is 10.2 Å². The molecular formula is C12H19OSiTi. The minimum Gasteiger partial charge on any atom is -0.507 e. The first-order valence-corrected chi connectivity index (χ1v) is 4.47. The van der Waals surface area contributed by atoms with E-state index in [4.69, 9.17) is 0 Å². The molecule has 0 aromatic heterocycles. The zero-order valence-electron chi connectivity index (χ0n) is 10.4. The largest absolute Gasteiger partial charge is 2.00 e. The van der Waals surface area contributed by atoms with Gasteiger partial charge in [0.25, 0.3) is 0 Å². The summed E-state index contributed by atoms with van der Waals surface area (Å²) in [6.45, 7) is 7.93. The van der Waals surface area contributed by atoms with Crippen LogP contribution in [0.25, 0.3) is 0 Å². The van der Waals surface area contributed by atoms with Gasteiger partial charge in [-0.05, 0) is 49.9 Å². The third kappa shape index (κ3) is 3.47. The van der Waals surface area contributed by atoms with Crippen LogP contribution in [0.3, 0.4) is 0 Å². The third-order valence-corrected chi connectivity index (χ3v) is 3.34. The third-order valence-electron chi connectivity index (χ3n) is 2.59. The minimum absolute atomic E-state index is 0. The second kappa shape index (κ2) is 7.26. The van der Waals surface area contributed by atoms with Gasteiger partial charge in [0, 0.05) is 0 Å². The van der Waals surface area contributed by atoms with E-state index in [1.54, 1.807) is 0 Å². The summed E-state index contributed by atoms with van der Waals surface area (Å²) in [5.74, 6) is 0.406. The van der Waals surface area contributed by atoms with Crippen molar-refractivity contribution in [2.75, 3.05) is 0 Å². The summed E-state index contributed by atoms with van der Waals surface area (Å²) >= 11 is 0. The maximum atomic E-state index is 9.66. The van der Waals surface area contributed by atoms with Gasteiger partial charge in [0.2, 0.25) is 0 Å². The summed E-state index contributed by atoms with van der Waals surface area (Å²) in [7, 11) is 3.51. The molecule has 0 heterocycles. The second-order valence-electron chi connectivity index (χ2n) is 3.22. The van der Waals surface area contributed by atoms with Gasteiger partial charge in [-0.15, -0.1) is 0 Å². The number of hydrogen-bond donors (Lipinski definition) is 1. The predicted octanol–water partition coefficient (Wildman–Crippen LogP) is 2.32. The fourth-order valence-electron chi connectivity index (χ4n) is 1.33. The van der Waals surface area contributed by atoms with Crippen LogP contribution in [-0.4, -0.2) is 15.3 Å². The molecule has 81 valence electrons. The van der Waals surface area contributed by atoms with Crippen LogP contribution in [0.15, 0.2) is 0 Å². The van der Waals surface area contributed by atoms with Crippen molar-refractivity contribution >= 4 is 15.4 Å². The van der Waals surface area contributed by atoms with Crippen molar-refractivity contribution in [1.82, 2.24) is 0 Å². The maximum absolute atomic E-state index is 9.66. The van der Waals surface area contributed by atoms with E-state index >= 15 is 0 Å². The Balaban J connectivity index is -0.000000480. The van der Waals surface area contributed by atoms with Crippen molar-refractivity contribution in [3.05, 3.63) is 37.1 Å². The van der Waals surface area contributed by atoms with E-state index in [2.05, 4.69) is 17.2 Å². The van der Waals surface area contributed by atoms with Crippen molar-refractivity contribution in [2.45, 2.75) is 27.7 Å². The first-order valence-electron chi connectivity index (χ1n) is 3.97. The maximum Gasteiger partial charge on any atom is 2.00 e. The van der Waals surface area contributed by atoms with Crippen LogP contribution < -0.4 is 5.19 Å². The molecule has 0 amide bonds. The molecular weight excluding hydrogens is 236 g/mol. The van der Waals surface area contributed by atoms with Crippen LogP contribution in [0.1, 0.15) is 22.3 Å². The van der Waals surface area contributed by atoms with E-state index in [0.29, 0.717) is 5.75 Å².